The predicted octanol–water partition coefficient (Wildman–Crippen LogP) is 3.83. The van der Waals surface area contributed by atoms with Crippen molar-refractivity contribution in [2.24, 2.45) is 0 Å². The fourth-order valence-electron chi connectivity index (χ4n) is 1.73. The van der Waals surface area contributed by atoms with Crippen LogP contribution in [0.3, 0.4) is 0 Å². The average Bonchev–Trinajstić information content (AvgIpc) is 2.37. The van der Waals surface area contributed by atoms with Gasteiger partial charge in [-0.25, -0.2) is 0 Å². The molecular formula is C15H14ClNO2. The van der Waals surface area contributed by atoms with Gasteiger partial charge in [-0.1, -0.05) is 17.7 Å². The molecule has 0 aliphatic heterocycles. The van der Waals surface area contributed by atoms with Crippen molar-refractivity contribution in [2.75, 3.05) is 0 Å². The van der Waals surface area contributed by atoms with Crippen molar-refractivity contribution in [3.05, 3.63) is 58.4 Å². The van der Waals surface area contributed by atoms with Crippen LogP contribution < -0.4 is 4.74 Å². The van der Waals surface area contributed by atoms with Gasteiger partial charge < -0.3 is 4.74 Å². The Kier molecular flexibility index (Phi) is 4.17. The van der Waals surface area contributed by atoms with Crippen LogP contribution in [0.15, 0.2) is 36.4 Å². The lowest BCUT2D eigenvalue weighted by atomic mass is 10.1. The highest BCUT2D eigenvalue weighted by atomic mass is 35.5. The lowest BCUT2D eigenvalue weighted by molar-refractivity contribution is 0.101. The van der Waals surface area contributed by atoms with Crippen LogP contribution in [0.5, 0.6) is 5.75 Å². The number of Topliss-reactive ketones (excluding diaryl/α,β-unsaturated/α-hetero) is 1. The molecule has 98 valence electrons. The fourth-order valence-corrected chi connectivity index (χ4v) is 1.91. The van der Waals surface area contributed by atoms with E-state index in [9.17, 15) is 4.79 Å². The molecule has 0 atom stereocenters. The summed E-state index contributed by atoms with van der Waals surface area (Å²) in [4.78, 5) is 15.9. The van der Waals surface area contributed by atoms with E-state index in [0.29, 0.717) is 22.9 Å². The van der Waals surface area contributed by atoms with Gasteiger partial charge in [-0.2, -0.15) is 0 Å². The molecule has 0 unspecified atom stereocenters. The van der Waals surface area contributed by atoms with Crippen LogP contribution >= 0.6 is 11.6 Å². The first-order chi connectivity index (χ1) is 9.06. The Morgan fingerprint density at radius 1 is 1.32 bits per heavy atom. The zero-order chi connectivity index (χ0) is 13.8. The van der Waals surface area contributed by atoms with Crippen molar-refractivity contribution in [3.63, 3.8) is 0 Å². The third-order valence-corrected chi connectivity index (χ3v) is 2.88. The molecule has 0 N–H and O–H groups in total. The number of nitrogens with zero attached hydrogens (tertiary/aromatic N) is 1. The quantitative estimate of drug-likeness (QED) is 0.796. The lowest BCUT2D eigenvalue weighted by Crippen LogP contribution is -2.03. The second kappa shape index (κ2) is 5.85. The smallest absolute Gasteiger partial charge is 0.163 e. The van der Waals surface area contributed by atoms with Crippen molar-refractivity contribution in [3.8, 4) is 5.75 Å². The number of ether oxygens (including phenoxy) is 1. The molecule has 1 aromatic carbocycles. The topological polar surface area (TPSA) is 39.2 Å². The summed E-state index contributed by atoms with van der Waals surface area (Å²) in [7, 11) is 0. The summed E-state index contributed by atoms with van der Waals surface area (Å²) < 4.78 is 5.65. The van der Waals surface area contributed by atoms with E-state index in [1.165, 1.54) is 6.92 Å². The largest absolute Gasteiger partial charge is 0.487 e. The van der Waals surface area contributed by atoms with E-state index in [0.717, 1.165) is 11.4 Å². The Balaban J connectivity index is 2.17. The molecule has 1 aromatic heterocycles. The van der Waals surface area contributed by atoms with E-state index < -0.39 is 0 Å². The van der Waals surface area contributed by atoms with Crippen LogP contribution in [0.2, 0.25) is 5.02 Å². The molecule has 1 heterocycles. The average molecular weight is 276 g/mol. The number of aromatic nitrogens is 1. The first kappa shape index (κ1) is 13.6. The van der Waals surface area contributed by atoms with Crippen molar-refractivity contribution in [2.45, 2.75) is 20.5 Å². The number of hydrogen-bond acceptors (Lipinski definition) is 3. The second-order valence-corrected chi connectivity index (χ2v) is 4.69. The third kappa shape index (κ3) is 3.55. The summed E-state index contributed by atoms with van der Waals surface area (Å²) in [5.74, 6) is 0.454. The molecule has 0 amide bonds. The Morgan fingerprint density at radius 2 is 2.11 bits per heavy atom. The van der Waals surface area contributed by atoms with E-state index in [2.05, 4.69) is 4.98 Å². The zero-order valence-corrected chi connectivity index (χ0v) is 11.6. The summed E-state index contributed by atoms with van der Waals surface area (Å²) in [6.07, 6.45) is 0. The molecule has 0 radical (unpaired) electrons. The van der Waals surface area contributed by atoms with Crippen LogP contribution in [-0.2, 0) is 6.61 Å². The van der Waals surface area contributed by atoms with E-state index in [1.54, 1.807) is 18.2 Å². The number of benzene rings is 1. The van der Waals surface area contributed by atoms with Gasteiger partial charge in [-0.05, 0) is 44.2 Å². The Labute approximate surface area is 117 Å². The summed E-state index contributed by atoms with van der Waals surface area (Å²) in [6.45, 7) is 3.74. The summed E-state index contributed by atoms with van der Waals surface area (Å²) in [5.41, 5.74) is 2.24. The minimum absolute atomic E-state index is 0.0744. The molecule has 0 aliphatic carbocycles. The van der Waals surface area contributed by atoms with Gasteiger partial charge >= 0.3 is 0 Å². The van der Waals surface area contributed by atoms with Crippen LogP contribution in [0, 0.1) is 6.92 Å². The van der Waals surface area contributed by atoms with Gasteiger partial charge in [0, 0.05) is 10.7 Å². The summed E-state index contributed by atoms with van der Waals surface area (Å²) in [6, 6.07) is 10.8. The van der Waals surface area contributed by atoms with Gasteiger partial charge in [0.15, 0.2) is 5.78 Å². The molecule has 0 saturated heterocycles. The van der Waals surface area contributed by atoms with Crippen LogP contribution in [0.25, 0.3) is 0 Å². The maximum absolute atomic E-state index is 11.5. The number of carbonyl (C=O) groups is 1. The van der Waals surface area contributed by atoms with Crippen molar-refractivity contribution < 1.29 is 9.53 Å². The number of carbonyl (C=O) groups excluding carboxylic acids is 1. The Hall–Kier alpha value is -1.87. The van der Waals surface area contributed by atoms with E-state index in [-0.39, 0.29) is 5.78 Å². The summed E-state index contributed by atoms with van der Waals surface area (Å²) in [5, 5.41) is 0.520. The SMILES string of the molecule is CC(=O)c1cc(Cl)ccc1OCc1cccc(C)n1. The molecule has 19 heavy (non-hydrogen) atoms. The fraction of sp³-hybridized carbons (Fsp3) is 0.200. The van der Waals surface area contributed by atoms with Crippen LogP contribution in [0.1, 0.15) is 28.7 Å². The number of ketones is 1. The normalized spacial score (nSPS) is 10.3. The van der Waals surface area contributed by atoms with Gasteiger partial charge in [0.05, 0.1) is 11.3 Å². The van der Waals surface area contributed by atoms with Gasteiger partial charge in [0.25, 0.3) is 0 Å². The van der Waals surface area contributed by atoms with Crippen molar-refractivity contribution >= 4 is 17.4 Å². The van der Waals surface area contributed by atoms with E-state index in [4.69, 9.17) is 16.3 Å². The maximum Gasteiger partial charge on any atom is 0.163 e. The second-order valence-electron chi connectivity index (χ2n) is 4.26. The summed E-state index contributed by atoms with van der Waals surface area (Å²) >= 11 is 5.88. The molecule has 0 saturated carbocycles. The highest BCUT2D eigenvalue weighted by Crippen LogP contribution is 2.24. The van der Waals surface area contributed by atoms with Gasteiger partial charge in [0.2, 0.25) is 0 Å². The molecule has 0 fully saturated rings. The molecule has 3 nitrogen and oxygen atoms in total. The lowest BCUT2D eigenvalue weighted by Gasteiger charge is -2.10. The Morgan fingerprint density at radius 3 is 2.79 bits per heavy atom. The molecular weight excluding hydrogens is 262 g/mol. The van der Waals surface area contributed by atoms with Crippen LogP contribution in [-0.4, -0.2) is 10.8 Å². The Bertz CT molecular complexity index is 611. The first-order valence-electron chi connectivity index (χ1n) is 5.92. The van der Waals surface area contributed by atoms with Gasteiger partial charge in [-0.3, -0.25) is 9.78 Å². The molecule has 4 heteroatoms. The van der Waals surface area contributed by atoms with E-state index >= 15 is 0 Å². The molecule has 2 rings (SSSR count). The minimum atomic E-state index is -0.0744. The zero-order valence-electron chi connectivity index (χ0n) is 10.8. The third-order valence-electron chi connectivity index (χ3n) is 2.64. The first-order valence-corrected chi connectivity index (χ1v) is 6.30. The molecule has 2 aromatic rings. The monoisotopic (exact) mass is 275 g/mol. The van der Waals surface area contributed by atoms with E-state index in [1.807, 2.05) is 25.1 Å². The predicted molar refractivity (Wildman–Crippen MR) is 74.8 cm³/mol. The number of pyridine rings is 1. The minimum Gasteiger partial charge on any atom is -0.487 e. The number of aryl methyl sites for hydroxylation is 1. The highest BCUT2D eigenvalue weighted by molar-refractivity contribution is 6.31. The van der Waals surface area contributed by atoms with Crippen molar-refractivity contribution in [1.82, 2.24) is 4.98 Å². The molecule has 0 bridgehead atoms. The molecule has 0 aliphatic rings. The number of halogens is 1. The molecule has 0 spiro atoms. The number of hydrogen-bond donors (Lipinski definition) is 0. The maximum atomic E-state index is 11.5. The highest BCUT2D eigenvalue weighted by Gasteiger charge is 2.09. The van der Waals surface area contributed by atoms with Gasteiger partial charge in [0.1, 0.15) is 12.4 Å². The van der Waals surface area contributed by atoms with Crippen LogP contribution in [0.4, 0.5) is 0 Å². The van der Waals surface area contributed by atoms with Gasteiger partial charge in [-0.15, -0.1) is 0 Å². The van der Waals surface area contributed by atoms with Crippen molar-refractivity contribution in [1.29, 1.82) is 0 Å². The standard InChI is InChI=1S/C15H14ClNO2/c1-10-4-3-5-13(17-10)9-19-15-7-6-12(16)8-14(15)11(2)18/h3-8H,9H2,1-2H3. The number of rotatable bonds is 4.